The van der Waals surface area contributed by atoms with Crippen LogP contribution in [0.2, 0.25) is 0 Å². The van der Waals surface area contributed by atoms with Crippen molar-refractivity contribution in [2.75, 3.05) is 13.2 Å². The van der Waals surface area contributed by atoms with Gasteiger partial charge in [-0.3, -0.25) is 9.78 Å². The van der Waals surface area contributed by atoms with E-state index in [4.69, 9.17) is 10.7 Å². The van der Waals surface area contributed by atoms with Gasteiger partial charge < -0.3 is 10.6 Å². The first-order valence-corrected chi connectivity index (χ1v) is 13.9. The molecule has 0 aliphatic rings. The topological polar surface area (TPSA) is 89.9 Å². The van der Waals surface area contributed by atoms with Crippen LogP contribution in [0.15, 0.2) is 71.5 Å². The second-order valence-corrected chi connectivity index (χ2v) is 11.8. The van der Waals surface area contributed by atoms with Crippen LogP contribution >= 0.6 is 15.9 Å². The highest BCUT2D eigenvalue weighted by Crippen LogP contribution is 2.39. The van der Waals surface area contributed by atoms with Gasteiger partial charge in [-0.15, -0.1) is 0 Å². The molecule has 0 aliphatic heterocycles. The van der Waals surface area contributed by atoms with Crippen LogP contribution in [-0.4, -0.2) is 49.8 Å². The number of nitrogens with zero attached hydrogens (tertiary/aromatic N) is 5. The summed E-state index contributed by atoms with van der Waals surface area (Å²) in [5, 5.41) is 4.62. The number of rotatable bonds is 10. The van der Waals surface area contributed by atoms with Gasteiger partial charge >= 0.3 is 0 Å². The van der Waals surface area contributed by atoms with E-state index in [1.54, 1.807) is 27.9 Å². The molecule has 0 bridgehead atoms. The highest BCUT2D eigenvalue weighted by Gasteiger charge is 2.39. The third-order valence-electron chi connectivity index (χ3n) is 6.58. The van der Waals surface area contributed by atoms with E-state index in [0.29, 0.717) is 11.4 Å². The van der Waals surface area contributed by atoms with Gasteiger partial charge in [-0.25, -0.2) is 22.8 Å². The second kappa shape index (κ2) is 12.9. The lowest BCUT2D eigenvalue weighted by atomic mass is 9.84. The zero-order valence-corrected chi connectivity index (χ0v) is 24.7. The summed E-state index contributed by atoms with van der Waals surface area (Å²) < 4.78 is 44.9. The first-order valence-electron chi connectivity index (χ1n) is 13.1. The molecule has 4 rings (SSSR count). The van der Waals surface area contributed by atoms with Crippen molar-refractivity contribution in [3.05, 3.63) is 100 Å². The molecule has 0 spiro atoms. The quantitative estimate of drug-likeness (QED) is 0.221. The number of alkyl halides is 1. The number of hydrogen-bond donors (Lipinski definition) is 1. The Morgan fingerprint density at radius 2 is 1.90 bits per heavy atom. The highest BCUT2D eigenvalue weighted by atomic mass is 79.9. The smallest absolute Gasteiger partial charge is 0.256 e. The van der Waals surface area contributed by atoms with Crippen LogP contribution in [-0.2, 0) is 6.54 Å². The molecule has 0 radical (unpaired) electrons. The Bertz CT molecular complexity index is 1490. The molecule has 7 nitrogen and oxygen atoms in total. The van der Waals surface area contributed by atoms with Crippen molar-refractivity contribution in [3.63, 3.8) is 0 Å². The Balaban J connectivity index is 1.91. The molecule has 0 saturated heterocycles. The summed E-state index contributed by atoms with van der Waals surface area (Å²) in [6.45, 7) is 5.44. The monoisotopic (exact) mass is 628 g/mol. The Morgan fingerprint density at radius 3 is 2.56 bits per heavy atom. The number of amides is 1. The van der Waals surface area contributed by atoms with Crippen molar-refractivity contribution in [1.82, 2.24) is 24.6 Å². The summed E-state index contributed by atoms with van der Waals surface area (Å²) in [4.78, 5) is 24.4. The Kier molecular flexibility index (Phi) is 9.60. The molecule has 11 heteroatoms. The van der Waals surface area contributed by atoms with Gasteiger partial charge in [0.15, 0.2) is 11.6 Å². The third-order valence-corrected chi connectivity index (χ3v) is 7.07. The number of carbonyl (C=O) groups is 1. The van der Waals surface area contributed by atoms with Gasteiger partial charge in [0.05, 0.1) is 23.7 Å². The van der Waals surface area contributed by atoms with Gasteiger partial charge in [-0.2, -0.15) is 5.10 Å². The van der Waals surface area contributed by atoms with E-state index < -0.39 is 35.8 Å². The molecule has 0 aliphatic carbocycles. The molecule has 216 valence electrons. The molecular formula is C30H32BrF3N6O. The number of benzene rings is 2. The molecule has 2 atom stereocenters. The fourth-order valence-electron chi connectivity index (χ4n) is 4.64. The fraction of sp³-hybridized carbons (Fsp3) is 0.333. The van der Waals surface area contributed by atoms with Crippen LogP contribution in [0, 0.1) is 17.0 Å². The predicted octanol–water partition coefficient (Wildman–Crippen LogP) is 6.35. The van der Waals surface area contributed by atoms with Crippen LogP contribution in [0.1, 0.15) is 55.0 Å². The molecule has 0 fully saturated rings. The molecule has 41 heavy (non-hydrogen) atoms. The molecule has 2 aromatic heterocycles. The van der Waals surface area contributed by atoms with Crippen molar-refractivity contribution >= 4 is 21.8 Å². The highest BCUT2D eigenvalue weighted by molar-refractivity contribution is 9.10. The van der Waals surface area contributed by atoms with E-state index in [0.717, 1.165) is 28.2 Å². The molecule has 0 saturated carbocycles. The minimum Gasteiger partial charge on any atom is -0.328 e. The Hall–Kier alpha value is -3.57. The van der Waals surface area contributed by atoms with Gasteiger partial charge in [-0.05, 0) is 59.9 Å². The Labute approximate surface area is 245 Å². The molecule has 1 unspecified atom stereocenters. The van der Waals surface area contributed by atoms with Gasteiger partial charge in [0.1, 0.15) is 18.3 Å². The summed E-state index contributed by atoms with van der Waals surface area (Å²) in [7, 11) is 0. The normalized spacial score (nSPS) is 13.2. The van der Waals surface area contributed by atoms with E-state index in [-0.39, 0.29) is 36.8 Å². The molecule has 2 N–H and O–H groups in total. The van der Waals surface area contributed by atoms with Crippen LogP contribution in [0.3, 0.4) is 0 Å². The number of aromatic nitrogens is 4. The number of pyridine rings is 1. The zero-order valence-electron chi connectivity index (χ0n) is 23.1. The molecule has 2 heterocycles. The molecular weight excluding hydrogens is 597 g/mol. The van der Waals surface area contributed by atoms with Crippen molar-refractivity contribution < 1.29 is 18.0 Å². The molecule has 4 aromatic rings. The fourth-order valence-corrected chi connectivity index (χ4v) is 5.09. The molecule has 2 aromatic carbocycles. The summed E-state index contributed by atoms with van der Waals surface area (Å²) in [6.07, 6.45) is 3.22. The summed E-state index contributed by atoms with van der Waals surface area (Å²) in [6, 6.07) is 12.5. The SMILES string of the molecule is CC(C)(C)[C@H](c1nc(-c2cc(F)ccc2F)nn1Cc1cccc(Br)c1)N(CCC(N)CF)C(=O)c1cccnc1. The second-order valence-electron chi connectivity index (χ2n) is 10.9. The minimum atomic E-state index is -0.767. The van der Waals surface area contributed by atoms with Crippen molar-refractivity contribution in [2.24, 2.45) is 11.1 Å². The summed E-state index contributed by atoms with van der Waals surface area (Å²) >= 11 is 3.49. The van der Waals surface area contributed by atoms with Gasteiger partial charge in [0.2, 0.25) is 0 Å². The average molecular weight is 630 g/mol. The lowest BCUT2D eigenvalue weighted by molar-refractivity contribution is 0.0469. The number of nitrogens with two attached hydrogens (primary N) is 1. The van der Waals surface area contributed by atoms with Crippen LogP contribution in [0.25, 0.3) is 11.4 Å². The average Bonchev–Trinajstić information content (AvgIpc) is 3.33. The lowest BCUT2D eigenvalue weighted by Crippen LogP contribution is -2.44. The maximum absolute atomic E-state index is 14.9. The van der Waals surface area contributed by atoms with Gasteiger partial charge in [0.25, 0.3) is 5.91 Å². The maximum atomic E-state index is 14.9. The summed E-state index contributed by atoms with van der Waals surface area (Å²) in [5.74, 6) is -1.31. The predicted molar refractivity (Wildman–Crippen MR) is 155 cm³/mol. The zero-order chi connectivity index (χ0) is 29.7. The molecule has 1 amide bonds. The number of hydrogen-bond acceptors (Lipinski definition) is 5. The van der Waals surface area contributed by atoms with E-state index in [2.05, 4.69) is 26.0 Å². The van der Waals surface area contributed by atoms with Gasteiger partial charge in [0, 0.05) is 29.5 Å². The van der Waals surface area contributed by atoms with Crippen LogP contribution < -0.4 is 5.73 Å². The summed E-state index contributed by atoms with van der Waals surface area (Å²) in [5.41, 5.74) is 6.40. The first kappa shape index (κ1) is 30.4. The lowest BCUT2D eigenvalue weighted by Gasteiger charge is -2.40. The van der Waals surface area contributed by atoms with E-state index in [9.17, 15) is 18.0 Å². The first-order chi connectivity index (χ1) is 19.5. The third kappa shape index (κ3) is 7.39. The van der Waals surface area contributed by atoms with Crippen molar-refractivity contribution in [3.8, 4) is 11.4 Å². The standard InChI is InChI=1S/C30H32BrF3N6O/c1-30(2,3)26(39(13-11-23(35)16-32)29(41)20-7-5-12-36-17-20)28-37-27(24-15-22(33)9-10-25(24)34)38-40(28)18-19-6-4-8-21(31)14-19/h4-10,12,14-15,17,23,26H,11,13,16,18,35H2,1-3H3/t23?,26-/m0/s1. The van der Waals surface area contributed by atoms with Crippen LogP contribution in [0.5, 0.6) is 0 Å². The maximum Gasteiger partial charge on any atom is 0.256 e. The van der Waals surface area contributed by atoms with E-state index in [1.807, 2.05) is 45.0 Å². The van der Waals surface area contributed by atoms with E-state index in [1.165, 1.54) is 6.20 Å². The van der Waals surface area contributed by atoms with Crippen molar-refractivity contribution in [2.45, 2.75) is 45.8 Å². The van der Waals surface area contributed by atoms with Gasteiger partial charge in [-0.1, -0.05) is 48.8 Å². The largest absolute Gasteiger partial charge is 0.328 e. The Morgan fingerprint density at radius 1 is 1.12 bits per heavy atom. The minimum absolute atomic E-state index is 0.0181. The number of halogens is 4. The number of carbonyl (C=O) groups excluding carboxylic acids is 1. The van der Waals surface area contributed by atoms with Crippen molar-refractivity contribution in [1.29, 1.82) is 0 Å². The van der Waals surface area contributed by atoms with E-state index >= 15 is 0 Å². The van der Waals surface area contributed by atoms with Crippen LogP contribution in [0.4, 0.5) is 13.2 Å².